The van der Waals surface area contributed by atoms with Gasteiger partial charge in [-0.3, -0.25) is 0 Å². The van der Waals surface area contributed by atoms with Crippen LogP contribution < -0.4 is 4.74 Å². The molecule has 15 heavy (non-hydrogen) atoms. The molecular weight excluding hydrogens is 199 g/mol. The lowest BCUT2D eigenvalue weighted by molar-refractivity contribution is -0.134. The van der Waals surface area contributed by atoms with Crippen molar-refractivity contribution in [3.8, 4) is 5.75 Å². The van der Waals surface area contributed by atoms with Gasteiger partial charge >= 0.3 is 5.97 Å². The van der Waals surface area contributed by atoms with Crippen LogP contribution in [0.2, 0.25) is 0 Å². The summed E-state index contributed by atoms with van der Waals surface area (Å²) in [4.78, 5) is 10.4. The van der Waals surface area contributed by atoms with Gasteiger partial charge in [0.2, 0.25) is 5.83 Å². The summed E-state index contributed by atoms with van der Waals surface area (Å²) >= 11 is 0. The molecule has 1 heterocycles. The summed E-state index contributed by atoms with van der Waals surface area (Å²) in [6.45, 7) is 0.00907. The summed E-state index contributed by atoms with van der Waals surface area (Å²) in [5.74, 6) is -1.95. The Balaban J connectivity index is 2.33. The number of carbonyl (C=O) groups is 1. The fourth-order valence-corrected chi connectivity index (χ4v) is 1.53. The maximum Gasteiger partial charge on any atom is 0.364 e. The quantitative estimate of drug-likeness (QED) is 0.717. The first-order valence-corrected chi connectivity index (χ1v) is 4.50. The molecule has 2 rings (SSSR count). The number of carboxylic acids is 1. The van der Waals surface area contributed by atoms with E-state index in [0.717, 1.165) is 5.56 Å². The molecule has 1 aliphatic rings. The van der Waals surface area contributed by atoms with Gasteiger partial charge in [-0.1, -0.05) is 18.2 Å². The molecule has 0 unspecified atom stereocenters. The van der Waals surface area contributed by atoms with Crippen molar-refractivity contribution in [3.05, 3.63) is 41.2 Å². The van der Waals surface area contributed by atoms with Crippen LogP contribution in [0.15, 0.2) is 35.7 Å². The molecule has 0 amide bonds. The minimum Gasteiger partial charge on any atom is -0.489 e. The highest BCUT2D eigenvalue weighted by Gasteiger charge is 2.20. The van der Waals surface area contributed by atoms with E-state index in [1.165, 1.54) is 0 Å². The summed E-state index contributed by atoms with van der Waals surface area (Å²) in [5.41, 5.74) is 0.997. The molecule has 0 saturated carbocycles. The molecule has 1 N–H and O–H groups in total. The summed E-state index contributed by atoms with van der Waals surface area (Å²) in [6.07, 6.45) is 0.300. The van der Waals surface area contributed by atoms with Crippen LogP contribution in [0.5, 0.6) is 5.75 Å². The minimum absolute atomic E-state index is 0.00907. The lowest BCUT2D eigenvalue weighted by atomic mass is 10.0. The van der Waals surface area contributed by atoms with Gasteiger partial charge in [-0.15, -0.1) is 0 Å². The highest BCUT2D eigenvalue weighted by atomic mass is 19.1. The predicted molar refractivity (Wildman–Crippen MR) is 51.4 cm³/mol. The first-order valence-electron chi connectivity index (χ1n) is 4.50. The lowest BCUT2D eigenvalue weighted by Crippen LogP contribution is -2.15. The molecule has 0 atom stereocenters. The van der Waals surface area contributed by atoms with Crippen LogP contribution in [0.3, 0.4) is 0 Å². The van der Waals surface area contributed by atoms with Crippen LogP contribution >= 0.6 is 0 Å². The third kappa shape index (κ3) is 1.83. The lowest BCUT2D eigenvalue weighted by Gasteiger charge is -2.19. The van der Waals surface area contributed by atoms with E-state index in [2.05, 4.69) is 0 Å². The van der Waals surface area contributed by atoms with E-state index in [-0.39, 0.29) is 12.2 Å². The molecule has 0 radical (unpaired) electrons. The topological polar surface area (TPSA) is 46.5 Å². The fraction of sp³-hybridized carbons (Fsp3) is 0.182. The highest BCUT2D eigenvalue weighted by Crippen LogP contribution is 2.28. The van der Waals surface area contributed by atoms with Gasteiger partial charge in [0.25, 0.3) is 0 Å². The zero-order chi connectivity index (χ0) is 10.8. The van der Waals surface area contributed by atoms with E-state index in [1.807, 2.05) is 12.1 Å². The zero-order valence-electron chi connectivity index (χ0n) is 7.87. The summed E-state index contributed by atoms with van der Waals surface area (Å²) in [7, 11) is 0. The van der Waals surface area contributed by atoms with Crippen molar-refractivity contribution in [2.24, 2.45) is 0 Å². The number of carboxylic acid groups (broad SMARTS) is 1. The van der Waals surface area contributed by atoms with Gasteiger partial charge in [0.15, 0.2) is 0 Å². The Hall–Kier alpha value is -1.84. The van der Waals surface area contributed by atoms with Crippen molar-refractivity contribution in [1.29, 1.82) is 0 Å². The Kier molecular flexibility index (Phi) is 2.41. The summed E-state index contributed by atoms with van der Waals surface area (Å²) in [5, 5.41) is 8.49. The van der Waals surface area contributed by atoms with Crippen molar-refractivity contribution in [2.75, 3.05) is 6.61 Å². The van der Waals surface area contributed by atoms with Crippen LogP contribution in [-0.4, -0.2) is 17.7 Å². The highest BCUT2D eigenvalue weighted by molar-refractivity contribution is 5.85. The molecule has 1 aromatic carbocycles. The number of hydrogen-bond acceptors (Lipinski definition) is 2. The fourth-order valence-electron chi connectivity index (χ4n) is 1.53. The van der Waals surface area contributed by atoms with Gasteiger partial charge < -0.3 is 9.84 Å². The number of hydrogen-bond donors (Lipinski definition) is 1. The molecule has 0 fully saturated rings. The maximum atomic E-state index is 13.1. The number of benzene rings is 1. The van der Waals surface area contributed by atoms with E-state index in [4.69, 9.17) is 9.84 Å². The Bertz CT molecular complexity index is 437. The molecule has 0 aromatic heterocycles. The molecular formula is C11H9FO3. The van der Waals surface area contributed by atoms with Gasteiger partial charge in [-0.2, -0.15) is 4.39 Å². The SMILES string of the molecule is O=C(O)/C(F)=C1/COc2ccccc2C1. The molecule has 1 aromatic rings. The number of halogens is 1. The molecule has 0 bridgehead atoms. The maximum absolute atomic E-state index is 13.1. The number of ether oxygens (including phenoxy) is 1. The Morgan fingerprint density at radius 1 is 1.40 bits per heavy atom. The standard InChI is InChI=1S/C11H9FO3/c12-10(11(13)14)8-5-7-3-1-2-4-9(7)15-6-8/h1-4H,5-6H2,(H,13,14)/b10-8-. The van der Waals surface area contributed by atoms with Crippen LogP contribution in [0.1, 0.15) is 5.56 Å². The largest absolute Gasteiger partial charge is 0.489 e. The van der Waals surface area contributed by atoms with Gasteiger partial charge in [-0.05, 0) is 11.6 Å². The first-order chi connectivity index (χ1) is 7.18. The first kappa shape index (κ1) is 9.71. The third-order valence-electron chi connectivity index (χ3n) is 2.28. The molecule has 3 nitrogen and oxygen atoms in total. The van der Waals surface area contributed by atoms with Crippen LogP contribution in [0, 0.1) is 0 Å². The van der Waals surface area contributed by atoms with Gasteiger partial charge in [-0.25, -0.2) is 4.79 Å². The molecule has 0 spiro atoms. The Labute approximate surface area is 85.8 Å². The summed E-state index contributed by atoms with van der Waals surface area (Å²) < 4.78 is 18.4. The average molecular weight is 208 g/mol. The molecule has 4 heteroatoms. The van der Waals surface area contributed by atoms with E-state index in [1.54, 1.807) is 12.1 Å². The van der Waals surface area contributed by atoms with Crippen molar-refractivity contribution in [3.63, 3.8) is 0 Å². The van der Waals surface area contributed by atoms with Crippen molar-refractivity contribution < 1.29 is 19.0 Å². The number of aliphatic carboxylic acids is 1. The summed E-state index contributed by atoms with van der Waals surface area (Å²) in [6, 6.07) is 7.21. The minimum atomic E-state index is -1.53. The van der Waals surface area contributed by atoms with Crippen LogP contribution in [-0.2, 0) is 11.2 Å². The van der Waals surface area contributed by atoms with E-state index in [9.17, 15) is 9.18 Å². The smallest absolute Gasteiger partial charge is 0.364 e. The normalized spacial score (nSPS) is 17.7. The van der Waals surface area contributed by atoms with Crippen molar-refractivity contribution >= 4 is 5.97 Å². The van der Waals surface area contributed by atoms with Gasteiger partial charge in [0, 0.05) is 12.0 Å². The Morgan fingerprint density at radius 2 is 2.13 bits per heavy atom. The second-order valence-electron chi connectivity index (χ2n) is 3.30. The molecule has 78 valence electrons. The average Bonchev–Trinajstić information content (AvgIpc) is 2.27. The van der Waals surface area contributed by atoms with Crippen LogP contribution in [0.25, 0.3) is 0 Å². The zero-order valence-corrected chi connectivity index (χ0v) is 7.87. The number of para-hydroxylation sites is 1. The second kappa shape index (κ2) is 3.73. The van der Waals surface area contributed by atoms with Crippen molar-refractivity contribution in [1.82, 2.24) is 0 Å². The predicted octanol–water partition coefficient (Wildman–Crippen LogP) is 1.93. The Morgan fingerprint density at radius 3 is 2.87 bits per heavy atom. The number of rotatable bonds is 1. The van der Waals surface area contributed by atoms with E-state index in [0.29, 0.717) is 12.2 Å². The monoisotopic (exact) mass is 208 g/mol. The second-order valence-corrected chi connectivity index (χ2v) is 3.30. The van der Waals surface area contributed by atoms with Crippen molar-refractivity contribution in [2.45, 2.75) is 6.42 Å². The van der Waals surface area contributed by atoms with E-state index < -0.39 is 11.8 Å². The van der Waals surface area contributed by atoms with Gasteiger partial charge in [0.1, 0.15) is 12.4 Å². The number of fused-ring (bicyclic) bond motifs is 1. The van der Waals surface area contributed by atoms with Crippen LogP contribution in [0.4, 0.5) is 4.39 Å². The van der Waals surface area contributed by atoms with E-state index >= 15 is 0 Å². The molecule has 0 aliphatic carbocycles. The van der Waals surface area contributed by atoms with Gasteiger partial charge in [0.05, 0.1) is 0 Å². The molecule has 0 saturated heterocycles. The third-order valence-corrected chi connectivity index (χ3v) is 2.28. The molecule has 1 aliphatic heterocycles.